The maximum atomic E-state index is 12.5. The van der Waals surface area contributed by atoms with Crippen LogP contribution in [0.1, 0.15) is 367 Å². The molecule has 2 atom stereocenters. The van der Waals surface area contributed by atoms with Crippen LogP contribution in [0.15, 0.2) is 36.5 Å². The summed E-state index contributed by atoms with van der Waals surface area (Å²) in [6.07, 6.45) is 82.2. The Morgan fingerprint density at radius 1 is 0.373 bits per heavy atom. The van der Waals surface area contributed by atoms with Gasteiger partial charge in [0.25, 0.3) is 0 Å². The lowest BCUT2D eigenvalue weighted by Gasteiger charge is -2.20. The van der Waals surface area contributed by atoms with Gasteiger partial charge in [0.2, 0.25) is 5.91 Å². The van der Waals surface area contributed by atoms with Gasteiger partial charge in [-0.15, -0.1) is 0 Å². The molecule has 0 saturated heterocycles. The third-order valence-electron chi connectivity index (χ3n) is 15.7. The van der Waals surface area contributed by atoms with Crippen molar-refractivity contribution >= 4 is 11.9 Å². The van der Waals surface area contributed by atoms with Crippen molar-refractivity contribution in [2.24, 2.45) is 0 Å². The van der Waals surface area contributed by atoms with Gasteiger partial charge in [-0.1, -0.05) is 326 Å². The lowest BCUT2D eigenvalue weighted by molar-refractivity contribution is -0.143. The monoisotopic (exact) mass is 1050 g/mol. The maximum Gasteiger partial charge on any atom is 0.305 e. The highest BCUT2D eigenvalue weighted by molar-refractivity contribution is 5.76. The van der Waals surface area contributed by atoms with E-state index in [2.05, 4.69) is 43.5 Å². The molecule has 0 bridgehead atoms. The zero-order valence-electron chi connectivity index (χ0n) is 50.5. The van der Waals surface area contributed by atoms with E-state index in [-0.39, 0.29) is 18.5 Å². The normalized spacial score (nSPS) is 12.7. The highest BCUT2D eigenvalue weighted by atomic mass is 16.5. The molecule has 0 radical (unpaired) electrons. The molecule has 0 fully saturated rings. The smallest absolute Gasteiger partial charge is 0.305 e. The molecule has 0 heterocycles. The largest absolute Gasteiger partial charge is 0.466 e. The first-order valence-electron chi connectivity index (χ1n) is 33.8. The molecule has 0 aromatic heterocycles. The van der Waals surface area contributed by atoms with Crippen LogP contribution in [-0.4, -0.2) is 47.4 Å². The van der Waals surface area contributed by atoms with Crippen LogP contribution < -0.4 is 5.32 Å². The number of hydrogen-bond donors (Lipinski definition) is 3. The fraction of sp³-hybridized carbons (Fsp3) is 0.884. The van der Waals surface area contributed by atoms with Crippen LogP contribution in [0.25, 0.3) is 0 Å². The van der Waals surface area contributed by atoms with E-state index in [1.165, 1.54) is 289 Å². The van der Waals surface area contributed by atoms with Crippen LogP contribution in [0.3, 0.4) is 0 Å². The first-order chi connectivity index (χ1) is 37.0. The fourth-order valence-corrected chi connectivity index (χ4v) is 10.5. The van der Waals surface area contributed by atoms with Crippen LogP contribution in [-0.2, 0) is 14.3 Å². The number of hydrogen-bond acceptors (Lipinski definition) is 5. The van der Waals surface area contributed by atoms with Gasteiger partial charge in [0.1, 0.15) is 0 Å². The van der Waals surface area contributed by atoms with Gasteiger partial charge < -0.3 is 20.3 Å². The molecule has 6 nitrogen and oxygen atoms in total. The van der Waals surface area contributed by atoms with Crippen LogP contribution in [0.4, 0.5) is 0 Å². The van der Waals surface area contributed by atoms with Gasteiger partial charge >= 0.3 is 5.97 Å². The summed E-state index contributed by atoms with van der Waals surface area (Å²) in [6.45, 7) is 4.90. The number of carbonyl (C=O) groups is 2. The Hall–Kier alpha value is -1.92. The van der Waals surface area contributed by atoms with Gasteiger partial charge in [-0.25, -0.2) is 0 Å². The quantitative estimate of drug-likeness (QED) is 0.0320. The van der Waals surface area contributed by atoms with Crippen molar-refractivity contribution in [2.75, 3.05) is 13.2 Å². The summed E-state index contributed by atoms with van der Waals surface area (Å²) in [4.78, 5) is 24.5. The fourth-order valence-electron chi connectivity index (χ4n) is 10.5. The van der Waals surface area contributed by atoms with Crippen LogP contribution in [0, 0.1) is 0 Å². The molecule has 75 heavy (non-hydrogen) atoms. The summed E-state index contributed by atoms with van der Waals surface area (Å²) < 4.78 is 5.49. The van der Waals surface area contributed by atoms with E-state index in [0.717, 1.165) is 51.4 Å². The highest BCUT2D eigenvalue weighted by Crippen LogP contribution is 2.18. The summed E-state index contributed by atoms with van der Waals surface area (Å²) in [6, 6.07) is -0.624. The van der Waals surface area contributed by atoms with Crippen molar-refractivity contribution in [3.63, 3.8) is 0 Å². The Kier molecular flexibility index (Phi) is 63.0. The first kappa shape index (κ1) is 73.1. The predicted molar refractivity (Wildman–Crippen MR) is 329 cm³/mol. The number of ether oxygens (including phenoxy) is 1. The Balaban J connectivity index is 3.34. The maximum absolute atomic E-state index is 12.5. The average molecular weight is 1050 g/mol. The molecular weight excluding hydrogens is 923 g/mol. The predicted octanol–water partition coefficient (Wildman–Crippen LogP) is 21.5. The molecule has 3 N–H and O–H groups in total. The van der Waals surface area contributed by atoms with E-state index < -0.39 is 12.1 Å². The molecule has 0 saturated carbocycles. The van der Waals surface area contributed by atoms with Crippen LogP contribution >= 0.6 is 0 Å². The molecule has 2 unspecified atom stereocenters. The average Bonchev–Trinajstić information content (AvgIpc) is 3.41. The molecule has 0 aliphatic carbocycles. The van der Waals surface area contributed by atoms with Gasteiger partial charge in [0.15, 0.2) is 0 Å². The van der Waals surface area contributed by atoms with Crippen molar-refractivity contribution in [1.29, 1.82) is 0 Å². The summed E-state index contributed by atoms with van der Waals surface area (Å²) >= 11 is 0. The molecule has 442 valence electrons. The molecule has 0 aromatic rings. The minimum absolute atomic E-state index is 0.00580. The Labute approximate surface area is 468 Å². The van der Waals surface area contributed by atoms with E-state index >= 15 is 0 Å². The molecule has 6 heteroatoms. The topological polar surface area (TPSA) is 95.9 Å². The number of nitrogens with one attached hydrogen (secondary N) is 1. The molecule has 0 aliphatic rings. The lowest BCUT2D eigenvalue weighted by atomic mass is 10.0. The number of amides is 1. The van der Waals surface area contributed by atoms with E-state index in [9.17, 15) is 19.8 Å². The van der Waals surface area contributed by atoms with Crippen molar-refractivity contribution in [3.05, 3.63) is 36.5 Å². The highest BCUT2D eigenvalue weighted by Gasteiger charge is 2.18. The number of unbranched alkanes of at least 4 members (excludes halogenated alkanes) is 48. The SMILES string of the molecule is CCCCCC/C=C\C/C=C\CCCCCCCC(=O)OCCCCCCCCCCCCCCCCCCCCCCCCCCCCCCCC(=O)NC(CO)C(O)/C=C/CCCCCCCCCCCCC. The van der Waals surface area contributed by atoms with Crippen molar-refractivity contribution in [3.8, 4) is 0 Å². The third-order valence-corrected chi connectivity index (χ3v) is 15.7. The number of carbonyl (C=O) groups excluding carboxylic acids is 2. The molecule has 0 aliphatic heterocycles. The molecule has 0 rings (SSSR count). The second-order valence-electron chi connectivity index (χ2n) is 23.2. The van der Waals surface area contributed by atoms with Gasteiger partial charge in [0, 0.05) is 12.8 Å². The first-order valence-corrected chi connectivity index (χ1v) is 33.8. The number of aliphatic hydroxyl groups is 2. The van der Waals surface area contributed by atoms with Gasteiger partial charge in [0.05, 0.1) is 25.4 Å². The minimum Gasteiger partial charge on any atom is -0.466 e. The Morgan fingerprint density at radius 3 is 1.03 bits per heavy atom. The van der Waals surface area contributed by atoms with E-state index in [0.29, 0.717) is 19.4 Å². The summed E-state index contributed by atoms with van der Waals surface area (Å²) in [5, 5.41) is 23.1. The number of allylic oxidation sites excluding steroid dienone is 5. The molecule has 0 aromatic carbocycles. The van der Waals surface area contributed by atoms with Gasteiger partial charge in [-0.2, -0.15) is 0 Å². The van der Waals surface area contributed by atoms with Crippen LogP contribution in [0.5, 0.6) is 0 Å². The van der Waals surface area contributed by atoms with Crippen LogP contribution in [0.2, 0.25) is 0 Å². The number of aliphatic hydroxyl groups excluding tert-OH is 2. The van der Waals surface area contributed by atoms with E-state index in [1.807, 2.05) is 6.08 Å². The zero-order chi connectivity index (χ0) is 54.3. The summed E-state index contributed by atoms with van der Waals surface area (Å²) in [5.41, 5.74) is 0. The standard InChI is InChI=1S/C69H131NO5/c1-3-5-7-9-11-13-15-17-18-35-39-43-47-51-55-59-63-69(74)75-64-60-56-52-48-44-40-36-33-31-29-27-25-23-21-19-20-22-24-26-28-30-32-34-38-42-46-50-54-58-62-68(73)70-66(65-71)67(72)61-57-53-49-45-41-37-16-14-12-10-8-6-4-2/h13,15,18,35,57,61,66-67,71-72H,3-12,14,16-17,19-34,36-56,58-60,62-65H2,1-2H3,(H,70,73)/b15-13-,35-18-,61-57+. The third kappa shape index (κ3) is 61.2. The van der Waals surface area contributed by atoms with Gasteiger partial charge in [-0.05, 0) is 64.2 Å². The van der Waals surface area contributed by atoms with Crippen molar-refractivity contribution in [1.82, 2.24) is 5.32 Å². The number of rotatable bonds is 63. The molecule has 1 amide bonds. The lowest BCUT2D eigenvalue weighted by Crippen LogP contribution is -2.45. The van der Waals surface area contributed by atoms with Gasteiger partial charge in [-0.3, -0.25) is 9.59 Å². The molecular formula is C69H131NO5. The van der Waals surface area contributed by atoms with E-state index in [1.54, 1.807) is 6.08 Å². The zero-order valence-corrected chi connectivity index (χ0v) is 50.5. The Morgan fingerprint density at radius 2 is 0.667 bits per heavy atom. The summed E-state index contributed by atoms with van der Waals surface area (Å²) in [5.74, 6) is -0.0578. The van der Waals surface area contributed by atoms with Crippen molar-refractivity contribution < 1.29 is 24.5 Å². The molecule has 0 spiro atoms. The van der Waals surface area contributed by atoms with E-state index in [4.69, 9.17) is 4.74 Å². The summed E-state index contributed by atoms with van der Waals surface area (Å²) in [7, 11) is 0. The van der Waals surface area contributed by atoms with Crippen molar-refractivity contribution in [2.45, 2.75) is 379 Å². The second-order valence-corrected chi connectivity index (χ2v) is 23.2. The Bertz CT molecular complexity index is 1210. The second kappa shape index (κ2) is 64.6. The number of esters is 1. The minimum atomic E-state index is -0.841.